The van der Waals surface area contributed by atoms with Crippen LogP contribution in [0.5, 0.6) is 11.5 Å². The summed E-state index contributed by atoms with van der Waals surface area (Å²) < 4.78 is 5.98. The van der Waals surface area contributed by atoms with Crippen molar-refractivity contribution in [3.8, 4) is 11.5 Å². The second kappa shape index (κ2) is 12.1. The number of nitrogens with one attached hydrogen (secondary N) is 2. The molecule has 0 saturated carbocycles. The maximum Gasteiger partial charge on any atom is 0.303 e. The fourth-order valence-corrected chi connectivity index (χ4v) is 4.41. The lowest BCUT2D eigenvalue weighted by molar-refractivity contribution is -0.137. The van der Waals surface area contributed by atoms with Crippen LogP contribution in [-0.2, 0) is 11.2 Å². The highest BCUT2D eigenvalue weighted by Gasteiger charge is 2.18. The first-order chi connectivity index (χ1) is 18.4. The fraction of sp³-hybridized carbons (Fsp3) is 0.194. The monoisotopic (exact) mass is 510 g/mol. The summed E-state index contributed by atoms with van der Waals surface area (Å²) in [6.45, 7) is 1.94. The molecule has 4 rings (SSSR count). The van der Waals surface area contributed by atoms with Gasteiger partial charge in [0.25, 0.3) is 11.8 Å². The summed E-state index contributed by atoms with van der Waals surface area (Å²) in [5.74, 6) is -0.354. The highest BCUT2D eigenvalue weighted by molar-refractivity contribution is 5.97. The van der Waals surface area contributed by atoms with Crippen LogP contribution in [0.15, 0.2) is 84.9 Å². The summed E-state index contributed by atoms with van der Waals surface area (Å²) in [7, 11) is 1.57. The van der Waals surface area contributed by atoms with E-state index in [1.165, 1.54) is 0 Å². The SMILES string of the molecule is CNC(=O)c1ccc(Oc2ccc(CCCC(=O)O)c(C(=O)N[C@H](C)c3cccc4ccccc34)c2)cc1. The first kappa shape index (κ1) is 26.4. The van der Waals surface area contributed by atoms with Crippen LogP contribution in [0, 0.1) is 0 Å². The molecular formula is C31H30N2O5. The van der Waals surface area contributed by atoms with Crippen LogP contribution in [0.4, 0.5) is 0 Å². The van der Waals surface area contributed by atoms with Crippen molar-refractivity contribution in [2.75, 3.05) is 7.05 Å². The van der Waals surface area contributed by atoms with E-state index in [-0.39, 0.29) is 24.3 Å². The average molecular weight is 511 g/mol. The molecule has 4 aromatic carbocycles. The standard InChI is InChI=1S/C31H30N2O5/c1-20(26-11-5-8-21-7-3-4-10-27(21)26)33-31(37)28-19-25(18-13-22(28)9-6-12-29(34)35)38-24-16-14-23(15-17-24)30(36)32-2/h3-5,7-8,10-11,13-20H,6,9,12H2,1-2H3,(H,32,36)(H,33,37)(H,34,35)/t20-/m1/s1. The molecule has 0 aliphatic heterocycles. The van der Waals surface area contributed by atoms with E-state index in [1.54, 1.807) is 49.5 Å². The second-order valence-corrected chi connectivity index (χ2v) is 9.04. The van der Waals surface area contributed by atoms with Crippen LogP contribution in [0.25, 0.3) is 10.8 Å². The number of aliphatic carboxylic acids is 1. The third kappa shape index (κ3) is 6.37. The van der Waals surface area contributed by atoms with Gasteiger partial charge in [-0.1, -0.05) is 48.5 Å². The van der Waals surface area contributed by atoms with Gasteiger partial charge < -0.3 is 20.5 Å². The van der Waals surface area contributed by atoms with E-state index in [2.05, 4.69) is 10.6 Å². The van der Waals surface area contributed by atoms with E-state index in [1.807, 2.05) is 49.4 Å². The summed E-state index contributed by atoms with van der Waals surface area (Å²) in [5, 5.41) is 16.9. The number of carboxylic acids is 1. The first-order valence-electron chi connectivity index (χ1n) is 12.5. The Hall–Kier alpha value is -4.65. The third-order valence-electron chi connectivity index (χ3n) is 6.38. The Bertz CT molecular complexity index is 1460. The minimum Gasteiger partial charge on any atom is -0.481 e. The van der Waals surface area contributed by atoms with Gasteiger partial charge in [0.2, 0.25) is 0 Å². The predicted molar refractivity (Wildman–Crippen MR) is 147 cm³/mol. The molecule has 4 aromatic rings. The van der Waals surface area contributed by atoms with Crippen LogP contribution in [0.1, 0.15) is 57.7 Å². The number of amides is 2. The lowest BCUT2D eigenvalue weighted by Gasteiger charge is -2.19. The topological polar surface area (TPSA) is 105 Å². The van der Waals surface area contributed by atoms with E-state index < -0.39 is 5.97 Å². The number of fused-ring (bicyclic) bond motifs is 1. The largest absolute Gasteiger partial charge is 0.481 e. The Kier molecular flexibility index (Phi) is 8.38. The molecule has 0 saturated heterocycles. The molecule has 0 aliphatic carbocycles. The average Bonchev–Trinajstić information content (AvgIpc) is 2.93. The number of hydrogen-bond donors (Lipinski definition) is 3. The number of ether oxygens (including phenoxy) is 1. The molecule has 7 nitrogen and oxygen atoms in total. The van der Waals surface area contributed by atoms with E-state index in [0.29, 0.717) is 35.5 Å². The third-order valence-corrected chi connectivity index (χ3v) is 6.38. The van der Waals surface area contributed by atoms with Gasteiger partial charge in [-0.25, -0.2) is 0 Å². The van der Waals surface area contributed by atoms with Gasteiger partial charge in [-0.3, -0.25) is 14.4 Å². The molecule has 0 aromatic heterocycles. The smallest absolute Gasteiger partial charge is 0.303 e. The van der Waals surface area contributed by atoms with Gasteiger partial charge in [0.15, 0.2) is 0 Å². The highest BCUT2D eigenvalue weighted by atomic mass is 16.5. The number of rotatable bonds is 10. The summed E-state index contributed by atoms with van der Waals surface area (Å²) >= 11 is 0. The Morgan fingerprint density at radius 1 is 0.868 bits per heavy atom. The van der Waals surface area contributed by atoms with Crippen molar-refractivity contribution < 1.29 is 24.2 Å². The Morgan fingerprint density at radius 3 is 2.32 bits per heavy atom. The number of benzene rings is 4. The zero-order chi connectivity index (χ0) is 27.1. The molecule has 38 heavy (non-hydrogen) atoms. The fourth-order valence-electron chi connectivity index (χ4n) is 4.41. The normalized spacial score (nSPS) is 11.5. The first-order valence-corrected chi connectivity index (χ1v) is 12.5. The zero-order valence-electron chi connectivity index (χ0n) is 21.4. The van der Waals surface area contributed by atoms with E-state index in [0.717, 1.165) is 21.9 Å². The van der Waals surface area contributed by atoms with Crippen LogP contribution in [0.2, 0.25) is 0 Å². The van der Waals surface area contributed by atoms with Gasteiger partial charge in [-0.2, -0.15) is 0 Å². The summed E-state index contributed by atoms with van der Waals surface area (Å²) in [6.07, 6.45) is 0.873. The number of carbonyl (C=O) groups excluding carboxylic acids is 2. The second-order valence-electron chi connectivity index (χ2n) is 9.04. The summed E-state index contributed by atoms with van der Waals surface area (Å²) in [6, 6.07) is 25.7. The molecule has 1 atom stereocenters. The molecule has 0 spiro atoms. The van der Waals surface area contributed by atoms with Crippen molar-refractivity contribution in [2.24, 2.45) is 0 Å². The molecule has 0 unspecified atom stereocenters. The quantitative estimate of drug-likeness (QED) is 0.247. The molecule has 3 N–H and O–H groups in total. The number of aryl methyl sites for hydroxylation is 1. The molecule has 0 radical (unpaired) electrons. The molecule has 0 aliphatic rings. The molecule has 194 valence electrons. The maximum atomic E-state index is 13.5. The van der Waals surface area contributed by atoms with Gasteiger partial charge in [-0.05, 0) is 78.1 Å². The minimum atomic E-state index is -0.874. The molecule has 0 heterocycles. The van der Waals surface area contributed by atoms with Crippen molar-refractivity contribution in [1.82, 2.24) is 10.6 Å². The van der Waals surface area contributed by atoms with E-state index in [9.17, 15) is 14.4 Å². The van der Waals surface area contributed by atoms with Crippen molar-refractivity contribution in [3.05, 3.63) is 107 Å². The molecular weight excluding hydrogens is 480 g/mol. The van der Waals surface area contributed by atoms with Crippen molar-refractivity contribution >= 4 is 28.6 Å². The lowest BCUT2D eigenvalue weighted by atomic mass is 9.98. The minimum absolute atomic E-state index is 0.0173. The Labute approximate surface area is 221 Å². The Balaban J connectivity index is 1.58. The number of carbonyl (C=O) groups is 3. The van der Waals surface area contributed by atoms with Crippen molar-refractivity contribution in [3.63, 3.8) is 0 Å². The van der Waals surface area contributed by atoms with Crippen LogP contribution >= 0.6 is 0 Å². The van der Waals surface area contributed by atoms with Gasteiger partial charge in [0, 0.05) is 24.6 Å². The van der Waals surface area contributed by atoms with Crippen molar-refractivity contribution in [1.29, 1.82) is 0 Å². The van der Waals surface area contributed by atoms with E-state index in [4.69, 9.17) is 9.84 Å². The highest BCUT2D eigenvalue weighted by Crippen LogP contribution is 2.28. The van der Waals surface area contributed by atoms with Gasteiger partial charge >= 0.3 is 5.97 Å². The molecule has 0 bridgehead atoms. The van der Waals surface area contributed by atoms with Gasteiger partial charge in [0.05, 0.1) is 6.04 Å². The Morgan fingerprint density at radius 2 is 1.58 bits per heavy atom. The van der Waals surface area contributed by atoms with Crippen LogP contribution in [0.3, 0.4) is 0 Å². The van der Waals surface area contributed by atoms with Gasteiger partial charge in [-0.15, -0.1) is 0 Å². The molecule has 2 amide bonds. The zero-order valence-corrected chi connectivity index (χ0v) is 21.4. The number of carboxylic acid groups (broad SMARTS) is 1. The van der Waals surface area contributed by atoms with E-state index >= 15 is 0 Å². The van der Waals surface area contributed by atoms with Crippen LogP contribution in [-0.4, -0.2) is 29.9 Å². The maximum absolute atomic E-state index is 13.5. The van der Waals surface area contributed by atoms with Crippen LogP contribution < -0.4 is 15.4 Å². The molecule has 0 fully saturated rings. The number of hydrogen-bond acceptors (Lipinski definition) is 4. The lowest BCUT2D eigenvalue weighted by Crippen LogP contribution is -2.27. The summed E-state index contributed by atoms with van der Waals surface area (Å²) in [5.41, 5.74) is 2.70. The predicted octanol–water partition coefficient (Wildman–Crippen LogP) is 5.89. The summed E-state index contributed by atoms with van der Waals surface area (Å²) in [4.78, 5) is 36.3. The van der Waals surface area contributed by atoms with Gasteiger partial charge in [0.1, 0.15) is 11.5 Å². The molecule has 7 heteroatoms. The van der Waals surface area contributed by atoms with Crippen molar-refractivity contribution in [2.45, 2.75) is 32.2 Å².